The molecule has 0 amide bonds. The summed E-state index contributed by atoms with van der Waals surface area (Å²) in [6, 6.07) is 7.71. The monoisotopic (exact) mass is 280 g/mol. The number of nitrogens with one attached hydrogen (secondary N) is 1. The maximum atomic E-state index is 5.84. The van der Waals surface area contributed by atoms with Crippen molar-refractivity contribution in [3.63, 3.8) is 0 Å². The van der Waals surface area contributed by atoms with Crippen molar-refractivity contribution >= 4 is 28.6 Å². The van der Waals surface area contributed by atoms with Crippen LogP contribution in [0.15, 0.2) is 29.6 Å². The van der Waals surface area contributed by atoms with E-state index in [4.69, 9.17) is 11.6 Å². The van der Waals surface area contributed by atoms with Gasteiger partial charge in [-0.15, -0.1) is 11.3 Å². The Bertz CT molecular complexity index is 511. The molecule has 0 aliphatic rings. The minimum Gasteiger partial charge on any atom is -0.379 e. The summed E-state index contributed by atoms with van der Waals surface area (Å²) in [6.45, 7) is 7.29. The molecule has 0 spiro atoms. The van der Waals surface area contributed by atoms with Gasteiger partial charge >= 0.3 is 0 Å². The standard InChI is InChI=1S/C14H17ClN2S/c1-14(2,3)12-9-18-13(17-12)8-16-11-6-4-10(15)5-7-11/h4-7,9,16H,8H2,1-3H3. The number of benzene rings is 1. The van der Waals surface area contributed by atoms with E-state index in [-0.39, 0.29) is 5.41 Å². The fourth-order valence-corrected chi connectivity index (χ4v) is 2.57. The molecular weight excluding hydrogens is 264 g/mol. The molecule has 0 fully saturated rings. The van der Waals surface area contributed by atoms with Gasteiger partial charge in [-0.05, 0) is 24.3 Å². The maximum absolute atomic E-state index is 5.84. The molecule has 0 radical (unpaired) electrons. The summed E-state index contributed by atoms with van der Waals surface area (Å²) >= 11 is 7.54. The van der Waals surface area contributed by atoms with Crippen molar-refractivity contribution in [2.24, 2.45) is 0 Å². The van der Waals surface area contributed by atoms with Crippen molar-refractivity contribution in [1.29, 1.82) is 0 Å². The second kappa shape index (κ2) is 5.29. The Kier molecular flexibility index (Phi) is 3.93. The van der Waals surface area contributed by atoms with Crippen molar-refractivity contribution < 1.29 is 0 Å². The molecule has 0 aliphatic carbocycles. The molecule has 0 aliphatic heterocycles. The minimum atomic E-state index is 0.120. The van der Waals surface area contributed by atoms with Crippen LogP contribution in [-0.4, -0.2) is 4.98 Å². The second-order valence-electron chi connectivity index (χ2n) is 5.24. The van der Waals surface area contributed by atoms with E-state index in [0.717, 1.165) is 28.0 Å². The molecule has 1 aromatic heterocycles. The smallest absolute Gasteiger partial charge is 0.112 e. The van der Waals surface area contributed by atoms with Gasteiger partial charge in [0.1, 0.15) is 5.01 Å². The Balaban J connectivity index is 1.98. The zero-order valence-corrected chi connectivity index (χ0v) is 12.4. The third-order valence-corrected chi connectivity index (χ3v) is 3.71. The Morgan fingerprint density at radius 3 is 2.44 bits per heavy atom. The lowest BCUT2D eigenvalue weighted by atomic mass is 9.93. The molecular formula is C14H17ClN2S. The fourth-order valence-electron chi connectivity index (χ4n) is 1.48. The van der Waals surface area contributed by atoms with E-state index in [1.807, 2.05) is 24.3 Å². The number of halogens is 1. The minimum absolute atomic E-state index is 0.120. The molecule has 2 nitrogen and oxygen atoms in total. The average Bonchev–Trinajstić information content (AvgIpc) is 2.77. The molecule has 0 bridgehead atoms. The summed E-state index contributed by atoms with van der Waals surface area (Å²) in [5.41, 5.74) is 2.34. The molecule has 2 rings (SSSR count). The summed E-state index contributed by atoms with van der Waals surface area (Å²) in [7, 11) is 0. The van der Waals surface area contributed by atoms with Gasteiger partial charge in [-0.3, -0.25) is 0 Å². The lowest BCUT2D eigenvalue weighted by Crippen LogP contribution is -2.11. The predicted octanol–water partition coefficient (Wildman–Crippen LogP) is 4.71. The largest absolute Gasteiger partial charge is 0.379 e. The number of rotatable bonds is 3. The Labute approximate surface area is 117 Å². The van der Waals surface area contributed by atoms with Crippen LogP contribution in [-0.2, 0) is 12.0 Å². The van der Waals surface area contributed by atoms with Gasteiger partial charge in [-0.2, -0.15) is 0 Å². The lowest BCUT2D eigenvalue weighted by Gasteiger charge is -2.14. The quantitative estimate of drug-likeness (QED) is 0.881. The summed E-state index contributed by atoms with van der Waals surface area (Å²) in [4.78, 5) is 4.64. The Hall–Kier alpha value is -1.06. The van der Waals surface area contributed by atoms with E-state index in [9.17, 15) is 0 Å². The molecule has 1 N–H and O–H groups in total. The van der Waals surface area contributed by atoms with E-state index < -0.39 is 0 Å². The van der Waals surface area contributed by atoms with Crippen LogP contribution in [0.25, 0.3) is 0 Å². The maximum Gasteiger partial charge on any atom is 0.112 e. The molecule has 0 saturated heterocycles. The summed E-state index contributed by atoms with van der Waals surface area (Å²) in [5, 5.41) is 7.34. The fraction of sp³-hybridized carbons (Fsp3) is 0.357. The van der Waals surface area contributed by atoms with Gasteiger partial charge in [0.25, 0.3) is 0 Å². The van der Waals surface area contributed by atoms with Gasteiger partial charge in [-0.1, -0.05) is 32.4 Å². The summed E-state index contributed by atoms with van der Waals surface area (Å²) in [6.07, 6.45) is 0. The zero-order valence-electron chi connectivity index (χ0n) is 10.8. The number of hydrogen-bond donors (Lipinski definition) is 1. The topological polar surface area (TPSA) is 24.9 Å². The summed E-state index contributed by atoms with van der Waals surface area (Å²) < 4.78 is 0. The van der Waals surface area contributed by atoms with Gasteiger partial charge in [0.2, 0.25) is 0 Å². The number of nitrogens with zero attached hydrogens (tertiary/aromatic N) is 1. The first-order chi connectivity index (χ1) is 8.45. The molecule has 1 aromatic carbocycles. The van der Waals surface area contributed by atoms with Gasteiger partial charge in [-0.25, -0.2) is 4.98 Å². The van der Waals surface area contributed by atoms with Crippen LogP contribution in [0.5, 0.6) is 0 Å². The normalized spacial score (nSPS) is 11.6. The van der Waals surface area contributed by atoms with Crippen LogP contribution < -0.4 is 5.32 Å². The van der Waals surface area contributed by atoms with Crippen molar-refractivity contribution in [1.82, 2.24) is 4.98 Å². The predicted molar refractivity (Wildman–Crippen MR) is 79.6 cm³/mol. The molecule has 1 heterocycles. The molecule has 0 atom stereocenters. The van der Waals surface area contributed by atoms with Crippen LogP contribution in [0.2, 0.25) is 5.02 Å². The van der Waals surface area contributed by atoms with Crippen molar-refractivity contribution in [3.8, 4) is 0 Å². The van der Waals surface area contributed by atoms with Crippen LogP contribution in [0.4, 0.5) is 5.69 Å². The van der Waals surface area contributed by atoms with Crippen molar-refractivity contribution in [2.45, 2.75) is 32.7 Å². The van der Waals surface area contributed by atoms with Gasteiger partial charge < -0.3 is 5.32 Å². The van der Waals surface area contributed by atoms with E-state index in [1.165, 1.54) is 0 Å². The van der Waals surface area contributed by atoms with Crippen LogP contribution in [0.1, 0.15) is 31.5 Å². The molecule has 96 valence electrons. The first-order valence-corrected chi connectivity index (χ1v) is 7.15. The molecule has 18 heavy (non-hydrogen) atoms. The van der Waals surface area contributed by atoms with E-state index in [1.54, 1.807) is 11.3 Å². The zero-order chi connectivity index (χ0) is 13.2. The first kappa shape index (κ1) is 13.4. The highest BCUT2D eigenvalue weighted by molar-refractivity contribution is 7.09. The number of hydrogen-bond acceptors (Lipinski definition) is 3. The Morgan fingerprint density at radius 2 is 1.89 bits per heavy atom. The van der Waals surface area contributed by atoms with E-state index in [0.29, 0.717) is 0 Å². The highest BCUT2D eigenvalue weighted by atomic mass is 35.5. The van der Waals surface area contributed by atoms with Gasteiger partial charge in [0, 0.05) is 21.5 Å². The highest BCUT2D eigenvalue weighted by Crippen LogP contribution is 2.24. The van der Waals surface area contributed by atoms with E-state index >= 15 is 0 Å². The number of thiazole rings is 1. The van der Waals surface area contributed by atoms with Crippen molar-refractivity contribution in [2.75, 3.05) is 5.32 Å². The average molecular weight is 281 g/mol. The lowest BCUT2D eigenvalue weighted by molar-refractivity contribution is 0.571. The Morgan fingerprint density at radius 1 is 1.22 bits per heavy atom. The van der Waals surface area contributed by atoms with Crippen LogP contribution in [0.3, 0.4) is 0 Å². The van der Waals surface area contributed by atoms with Gasteiger partial charge in [0.05, 0.1) is 12.2 Å². The number of anilines is 1. The molecule has 0 unspecified atom stereocenters. The van der Waals surface area contributed by atoms with Crippen LogP contribution >= 0.6 is 22.9 Å². The first-order valence-electron chi connectivity index (χ1n) is 5.89. The van der Waals surface area contributed by atoms with Crippen LogP contribution in [0, 0.1) is 0 Å². The second-order valence-corrected chi connectivity index (χ2v) is 6.62. The summed E-state index contributed by atoms with van der Waals surface area (Å²) in [5.74, 6) is 0. The van der Waals surface area contributed by atoms with Crippen molar-refractivity contribution in [3.05, 3.63) is 45.4 Å². The SMILES string of the molecule is CC(C)(C)c1csc(CNc2ccc(Cl)cc2)n1. The highest BCUT2D eigenvalue weighted by Gasteiger charge is 2.17. The third-order valence-electron chi connectivity index (χ3n) is 2.61. The molecule has 2 aromatic rings. The molecule has 4 heteroatoms. The number of aromatic nitrogens is 1. The van der Waals surface area contributed by atoms with Gasteiger partial charge in [0.15, 0.2) is 0 Å². The van der Waals surface area contributed by atoms with E-state index in [2.05, 4.69) is 36.5 Å². The third kappa shape index (κ3) is 3.47. The molecule has 0 saturated carbocycles.